The summed E-state index contributed by atoms with van der Waals surface area (Å²) in [5.41, 5.74) is 1.90. The Labute approximate surface area is 114 Å². The normalized spacial score (nSPS) is 10.8. The van der Waals surface area contributed by atoms with Gasteiger partial charge in [-0.15, -0.1) is 5.10 Å². The summed E-state index contributed by atoms with van der Waals surface area (Å²) in [6.07, 6.45) is 5.79. The molecule has 0 unspecified atom stereocenters. The van der Waals surface area contributed by atoms with Gasteiger partial charge in [0, 0.05) is 6.54 Å². The molecule has 0 aliphatic rings. The molecule has 0 spiro atoms. The molecule has 102 valence electrons. The molecule has 0 bridgehead atoms. The molecule has 0 radical (unpaired) electrons. The fourth-order valence-electron chi connectivity index (χ4n) is 1.90. The van der Waals surface area contributed by atoms with Crippen LogP contribution >= 0.6 is 0 Å². The lowest BCUT2D eigenvalue weighted by atomic mass is 10.1. The van der Waals surface area contributed by atoms with Crippen molar-refractivity contribution >= 4 is 0 Å². The molecule has 2 heterocycles. The van der Waals surface area contributed by atoms with Gasteiger partial charge in [0.2, 0.25) is 0 Å². The van der Waals surface area contributed by atoms with E-state index in [1.807, 2.05) is 6.20 Å². The van der Waals surface area contributed by atoms with E-state index < -0.39 is 0 Å². The van der Waals surface area contributed by atoms with Crippen molar-refractivity contribution in [2.24, 2.45) is 0 Å². The Morgan fingerprint density at radius 1 is 1.10 bits per heavy atom. The SMILES string of the molecule is Fc1ccc(CCn2cc(Cn3cncn3)nn2)cc1. The van der Waals surface area contributed by atoms with E-state index in [0.29, 0.717) is 13.1 Å². The highest BCUT2D eigenvalue weighted by Gasteiger charge is 2.03. The molecule has 0 N–H and O–H groups in total. The van der Waals surface area contributed by atoms with E-state index in [2.05, 4.69) is 20.4 Å². The molecule has 2 aromatic heterocycles. The first-order chi connectivity index (χ1) is 9.79. The Bertz CT molecular complexity index is 658. The predicted octanol–water partition coefficient (Wildman–Crippen LogP) is 1.30. The second-order valence-electron chi connectivity index (χ2n) is 4.44. The standard InChI is InChI=1S/C13H13FN6/c14-12-3-1-11(2-4-12)5-6-19-7-13(17-18-19)8-20-10-15-9-16-20/h1-4,7,9-10H,5-6,8H2. The molecule has 0 aliphatic heterocycles. The molecule has 3 rings (SSSR count). The number of aryl methyl sites for hydroxylation is 2. The van der Waals surface area contributed by atoms with Gasteiger partial charge >= 0.3 is 0 Å². The third-order valence-corrected chi connectivity index (χ3v) is 2.92. The van der Waals surface area contributed by atoms with Crippen molar-refractivity contribution in [3.8, 4) is 0 Å². The van der Waals surface area contributed by atoms with Crippen molar-refractivity contribution in [3.63, 3.8) is 0 Å². The van der Waals surface area contributed by atoms with E-state index in [4.69, 9.17) is 0 Å². The van der Waals surface area contributed by atoms with Gasteiger partial charge in [-0.05, 0) is 24.1 Å². The summed E-state index contributed by atoms with van der Waals surface area (Å²) in [6, 6.07) is 6.49. The summed E-state index contributed by atoms with van der Waals surface area (Å²) in [5.74, 6) is -0.218. The molecule has 0 fully saturated rings. The highest BCUT2D eigenvalue weighted by Crippen LogP contribution is 2.05. The molecule has 0 amide bonds. The molecular weight excluding hydrogens is 259 g/mol. The average Bonchev–Trinajstić information content (AvgIpc) is 3.11. The maximum atomic E-state index is 12.8. The van der Waals surface area contributed by atoms with Crippen LogP contribution in [-0.2, 0) is 19.5 Å². The fourth-order valence-corrected chi connectivity index (χ4v) is 1.90. The Hall–Kier alpha value is -2.57. The van der Waals surface area contributed by atoms with E-state index in [1.165, 1.54) is 18.5 Å². The van der Waals surface area contributed by atoms with Gasteiger partial charge in [0.05, 0.1) is 12.7 Å². The number of rotatable bonds is 5. The summed E-state index contributed by atoms with van der Waals surface area (Å²) in [7, 11) is 0. The second-order valence-corrected chi connectivity index (χ2v) is 4.44. The molecule has 0 atom stereocenters. The fraction of sp³-hybridized carbons (Fsp3) is 0.231. The van der Waals surface area contributed by atoms with Crippen LogP contribution in [0.1, 0.15) is 11.3 Å². The molecule has 0 saturated carbocycles. The first-order valence-corrected chi connectivity index (χ1v) is 6.25. The number of halogens is 1. The minimum Gasteiger partial charge on any atom is -0.252 e. The van der Waals surface area contributed by atoms with Gasteiger partial charge in [0.1, 0.15) is 24.2 Å². The van der Waals surface area contributed by atoms with E-state index in [1.54, 1.807) is 27.8 Å². The van der Waals surface area contributed by atoms with Crippen molar-refractivity contribution in [3.05, 3.63) is 60.2 Å². The van der Waals surface area contributed by atoms with Gasteiger partial charge in [-0.1, -0.05) is 17.3 Å². The Kier molecular flexibility index (Phi) is 3.49. The van der Waals surface area contributed by atoms with Crippen LogP contribution in [0.15, 0.2) is 43.1 Å². The predicted molar refractivity (Wildman–Crippen MR) is 69.3 cm³/mol. The maximum Gasteiger partial charge on any atom is 0.137 e. The minimum absolute atomic E-state index is 0.218. The van der Waals surface area contributed by atoms with E-state index in [-0.39, 0.29) is 5.82 Å². The van der Waals surface area contributed by atoms with Crippen LogP contribution in [0.5, 0.6) is 0 Å². The lowest BCUT2D eigenvalue weighted by Gasteiger charge is -2.01. The van der Waals surface area contributed by atoms with Crippen molar-refractivity contribution < 1.29 is 4.39 Å². The number of nitrogens with zero attached hydrogens (tertiary/aromatic N) is 6. The van der Waals surface area contributed by atoms with Crippen LogP contribution in [-0.4, -0.2) is 29.8 Å². The average molecular weight is 272 g/mol. The van der Waals surface area contributed by atoms with Gasteiger partial charge < -0.3 is 0 Å². The highest BCUT2D eigenvalue weighted by molar-refractivity contribution is 5.16. The lowest BCUT2D eigenvalue weighted by Crippen LogP contribution is -2.02. The first kappa shape index (κ1) is 12.5. The lowest BCUT2D eigenvalue weighted by molar-refractivity contribution is 0.587. The molecular formula is C13H13FN6. The largest absolute Gasteiger partial charge is 0.252 e. The van der Waals surface area contributed by atoms with Gasteiger partial charge in [0.15, 0.2) is 0 Å². The first-order valence-electron chi connectivity index (χ1n) is 6.25. The quantitative estimate of drug-likeness (QED) is 0.702. The number of hydrogen-bond acceptors (Lipinski definition) is 4. The van der Waals surface area contributed by atoms with E-state index >= 15 is 0 Å². The zero-order valence-electron chi connectivity index (χ0n) is 10.7. The summed E-state index contributed by atoms with van der Waals surface area (Å²) in [6.45, 7) is 1.26. The summed E-state index contributed by atoms with van der Waals surface area (Å²) < 4.78 is 16.3. The smallest absolute Gasteiger partial charge is 0.137 e. The summed E-state index contributed by atoms with van der Waals surface area (Å²) in [4.78, 5) is 3.87. The molecule has 20 heavy (non-hydrogen) atoms. The second kappa shape index (κ2) is 5.60. The van der Waals surface area contributed by atoms with Crippen molar-refractivity contribution in [2.45, 2.75) is 19.5 Å². The third-order valence-electron chi connectivity index (χ3n) is 2.92. The Morgan fingerprint density at radius 3 is 2.70 bits per heavy atom. The van der Waals surface area contributed by atoms with Gasteiger partial charge in [-0.2, -0.15) is 5.10 Å². The molecule has 3 aromatic rings. The van der Waals surface area contributed by atoms with Crippen molar-refractivity contribution in [1.82, 2.24) is 29.8 Å². The number of benzene rings is 1. The van der Waals surface area contributed by atoms with Gasteiger partial charge in [-0.25, -0.2) is 14.1 Å². The zero-order chi connectivity index (χ0) is 13.8. The Morgan fingerprint density at radius 2 is 1.95 bits per heavy atom. The summed E-state index contributed by atoms with van der Waals surface area (Å²) in [5, 5.41) is 12.2. The van der Waals surface area contributed by atoms with Crippen molar-refractivity contribution in [2.75, 3.05) is 0 Å². The molecule has 0 aliphatic carbocycles. The summed E-state index contributed by atoms with van der Waals surface area (Å²) >= 11 is 0. The van der Waals surface area contributed by atoms with Crippen LogP contribution in [0, 0.1) is 5.82 Å². The molecule has 6 nitrogen and oxygen atoms in total. The van der Waals surface area contributed by atoms with Crippen LogP contribution < -0.4 is 0 Å². The van der Waals surface area contributed by atoms with Gasteiger partial charge in [-0.3, -0.25) is 4.68 Å². The van der Waals surface area contributed by atoms with Crippen LogP contribution in [0.4, 0.5) is 4.39 Å². The van der Waals surface area contributed by atoms with E-state index in [0.717, 1.165) is 17.7 Å². The minimum atomic E-state index is -0.218. The van der Waals surface area contributed by atoms with Crippen LogP contribution in [0.3, 0.4) is 0 Å². The van der Waals surface area contributed by atoms with Crippen LogP contribution in [0.25, 0.3) is 0 Å². The molecule has 0 saturated heterocycles. The number of aromatic nitrogens is 6. The Balaban J connectivity index is 1.58. The number of hydrogen-bond donors (Lipinski definition) is 0. The van der Waals surface area contributed by atoms with Crippen LogP contribution in [0.2, 0.25) is 0 Å². The molecule has 1 aromatic carbocycles. The maximum absolute atomic E-state index is 12.8. The third kappa shape index (κ3) is 3.05. The van der Waals surface area contributed by atoms with Crippen molar-refractivity contribution in [1.29, 1.82) is 0 Å². The van der Waals surface area contributed by atoms with E-state index in [9.17, 15) is 4.39 Å². The zero-order valence-corrected chi connectivity index (χ0v) is 10.7. The highest BCUT2D eigenvalue weighted by atomic mass is 19.1. The van der Waals surface area contributed by atoms with Gasteiger partial charge in [0.25, 0.3) is 0 Å². The topological polar surface area (TPSA) is 61.4 Å². The monoisotopic (exact) mass is 272 g/mol. The molecule has 7 heteroatoms.